The van der Waals surface area contributed by atoms with Crippen LogP contribution in [0.4, 0.5) is 4.39 Å². The van der Waals surface area contributed by atoms with Crippen LogP contribution in [0.1, 0.15) is 17.2 Å². The number of likely N-dealkylation sites (tertiary alicyclic amines) is 1. The summed E-state index contributed by atoms with van der Waals surface area (Å²) >= 11 is 0. The second-order valence-corrected chi connectivity index (χ2v) is 6.77. The number of aliphatic hydroxyl groups is 1. The second-order valence-electron chi connectivity index (χ2n) is 6.77. The number of H-pyrrole nitrogens is 1. The molecule has 0 bridgehead atoms. The minimum absolute atomic E-state index is 0.147. The molecule has 26 heavy (non-hydrogen) atoms. The molecule has 1 aliphatic rings. The van der Waals surface area contributed by atoms with Gasteiger partial charge in [0.15, 0.2) is 0 Å². The Bertz CT molecular complexity index is 850. The van der Waals surface area contributed by atoms with Gasteiger partial charge in [-0.2, -0.15) is 5.10 Å². The summed E-state index contributed by atoms with van der Waals surface area (Å²) in [4.78, 5) is 6.79. The van der Waals surface area contributed by atoms with Crippen molar-refractivity contribution in [1.82, 2.24) is 20.1 Å². The third kappa shape index (κ3) is 3.38. The molecule has 1 aromatic carbocycles. The van der Waals surface area contributed by atoms with Gasteiger partial charge in [-0.05, 0) is 36.4 Å². The van der Waals surface area contributed by atoms with Crippen molar-refractivity contribution in [2.45, 2.75) is 12.5 Å². The van der Waals surface area contributed by atoms with Crippen molar-refractivity contribution in [3.8, 4) is 11.3 Å². The molecular formula is C20H21FN4O. The first-order chi connectivity index (χ1) is 12.7. The highest BCUT2D eigenvalue weighted by Crippen LogP contribution is 2.33. The van der Waals surface area contributed by atoms with E-state index >= 15 is 0 Å². The van der Waals surface area contributed by atoms with Crippen molar-refractivity contribution in [1.29, 1.82) is 0 Å². The van der Waals surface area contributed by atoms with E-state index in [9.17, 15) is 9.50 Å². The Morgan fingerprint density at radius 2 is 2.00 bits per heavy atom. The van der Waals surface area contributed by atoms with E-state index < -0.39 is 0 Å². The van der Waals surface area contributed by atoms with Crippen LogP contribution in [-0.2, 0) is 6.54 Å². The summed E-state index contributed by atoms with van der Waals surface area (Å²) in [6.45, 7) is 2.53. The summed E-state index contributed by atoms with van der Waals surface area (Å²) in [5, 5.41) is 17.0. The van der Waals surface area contributed by atoms with Crippen LogP contribution < -0.4 is 0 Å². The summed E-state index contributed by atoms with van der Waals surface area (Å²) in [7, 11) is 0. The quantitative estimate of drug-likeness (QED) is 0.741. The molecule has 3 heterocycles. The molecule has 1 aliphatic heterocycles. The van der Waals surface area contributed by atoms with Gasteiger partial charge >= 0.3 is 0 Å². The summed E-state index contributed by atoms with van der Waals surface area (Å²) in [6, 6.07) is 12.3. The van der Waals surface area contributed by atoms with Crippen molar-refractivity contribution < 1.29 is 9.50 Å². The van der Waals surface area contributed by atoms with Crippen LogP contribution in [0.25, 0.3) is 11.3 Å². The van der Waals surface area contributed by atoms with Gasteiger partial charge in [0.2, 0.25) is 0 Å². The van der Waals surface area contributed by atoms with Gasteiger partial charge in [0.05, 0.1) is 11.9 Å². The van der Waals surface area contributed by atoms with Crippen LogP contribution in [-0.4, -0.2) is 44.9 Å². The van der Waals surface area contributed by atoms with Gasteiger partial charge < -0.3 is 5.11 Å². The lowest BCUT2D eigenvalue weighted by atomic mass is 9.93. The average molecular weight is 352 g/mol. The fourth-order valence-corrected chi connectivity index (χ4v) is 3.74. The highest BCUT2D eigenvalue weighted by Gasteiger charge is 2.34. The van der Waals surface area contributed by atoms with Gasteiger partial charge in [-0.15, -0.1) is 0 Å². The molecule has 2 aromatic heterocycles. The molecule has 0 amide bonds. The molecule has 4 rings (SSSR count). The van der Waals surface area contributed by atoms with E-state index in [1.165, 1.54) is 12.1 Å². The summed E-state index contributed by atoms with van der Waals surface area (Å²) in [5.41, 5.74) is 3.92. The van der Waals surface area contributed by atoms with Gasteiger partial charge in [0, 0.05) is 61.1 Å². The van der Waals surface area contributed by atoms with Crippen molar-refractivity contribution in [2.24, 2.45) is 5.92 Å². The van der Waals surface area contributed by atoms with Crippen molar-refractivity contribution in [3.05, 3.63) is 71.9 Å². The third-order valence-electron chi connectivity index (χ3n) is 5.06. The number of nitrogens with one attached hydrogen (secondary N) is 1. The molecule has 134 valence electrons. The zero-order valence-electron chi connectivity index (χ0n) is 14.3. The number of hydrogen-bond acceptors (Lipinski definition) is 4. The maximum absolute atomic E-state index is 13.2. The zero-order chi connectivity index (χ0) is 17.9. The molecule has 3 aromatic rings. The van der Waals surface area contributed by atoms with Crippen LogP contribution in [0.3, 0.4) is 0 Å². The standard InChI is InChI=1S/C20H21FN4O/c21-17-6-4-14(5-7-17)20-15(9-23-24-20)10-25-11-16(13-26)18(12-25)19-3-1-2-8-22-19/h1-9,16,18,26H,10-13H2,(H,23,24)/t16-,18+/m0/s1. The lowest BCUT2D eigenvalue weighted by Crippen LogP contribution is -2.21. The maximum Gasteiger partial charge on any atom is 0.123 e. The number of aromatic amines is 1. The number of rotatable bonds is 5. The molecule has 0 spiro atoms. The van der Waals surface area contributed by atoms with E-state index in [4.69, 9.17) is 0 Å². The van der Waals surface area contributed by atoms with Crippen molar-refractivity contribution >= 4 is 0 Å². The first-order valence-electron chi connectivity index (χ1n) is 8.77. The largest absolute Gasteiger partial charge is 0.396 e. The Labute approximate surface area is 151 Å². The Balaban J connectivity index is 1.52. The van der Waals surface area contributed by atoms with Crippen molar-refractivity contribution in [2.75, 3.05) is 19.7 Å². The van der Waals surface area contributed by atoms with Gasteiger partial charge in [0.25, 0.3) is 0 Å². The second kappa shape index (κ2) is 7.35. The molecule has 1 fully saturated rings. The number of nitrogens with zero attached hydrogens (tertiary/aromatic N) is 3. The van der Waals surface area contributed by atoms with E-state index in [0.717, 1.165) is 42.1 Å². The van der Waals surface area contributed by atoms with Crippen LogP contribution >= 0.6 is 0 Å². The predicted octanol–water partition coefficient (Wildman–Crippen LogP) is 2.82. The minimum Gasteiger partial charge on any atom is -0.396 e. The molecule has 1 saturated heterocycles. The Hall–Kier alpha value is -2.57. The van der Waals surface area contributed by atoms with Crippen LogP contribution in [0, 0.1) is 11.7 Å². The van der Waals surface area contributed by atoms with Gasteiger partial charge in [-0.3, -0.25) is 15.0 Å². The summed E-state index contributed by atoms with van der Waals surface area (Å²) < 4.78 is 13.2. The Kier molecular flexibility index (Phi) is 4.77. The molecule has 2 N–H and O–H groups in total. The van der Waals surface area contributed by atoms with Crippen LogP contribution in [0.15, 0.2) is 54.9 Å². The monoisotopic (exact) mass is 352 g/mol. The molecular weight excluding hydrogens is 331 g/mol. The highest BCUT2D eigenvalue weighted by molar-refractivity contribution is 5.62. The minimum atomic E-state index is -0.252. The predicted molar refractivity (Wildman–Crippen MR) is 96.8 cm³/mol. The van der Waals surface area contributed by atoms with Gasteiger partial charge in [0.1, 0.15) is 5.82 Å². The number of benzene rings is 1. The molecule has 5 nitrogen and oxygen atoms in total. The van der Waals surface area contributed by atoms with E-state index in [2.05, 4.69) is 20.1 Å². The van der Waals surface area contributed by atoms with E-state index in [-0.39, 0.29) is 24.3 Å². The lowest BCUT2D eigenvalue weighted by molar-refractivity contribution is 0.213. The molecule has 0 saturated carbocycles. The van der Waals surface area contributed by atoms with E-state index in [1.807, 2.05) is 24.4 Å². The molecule has 0 unspecified atom stereocenters. The Morgan fingerprint density at radius 3 is 2.73 bits per heavy atom. The Morgan fingerprint density at radius 1 is 1.15 bits per heavy atom. The number of halogens is 1. The fourth-order valence-electron chi connectivity index (χ4n) is 3.74. The van der Waals surface area contributed by atoms with Crippen LogP contribution in [0.2, 0.25) is 0 Å². The lowest BCUT2D eigenvalue weighted by Gasteiger charge is -2.16. The van der Waals surface area contributed by atoms with Crippen molar-refractivity contribution in [3.63, 3.8) is 0 Å². The molecule has 2 atom stereocenters. The summed E-state index contributed by atoms with van der Waals surface area (Å²) in [6.07, 6.45) is 3.62. The molecule has 6 heteroatoms. The fraction of sp³-hybridized carbons (Fsp3) is 0.300. The number of aliphatic hydroxyl groups excluding tert-OH is 1. The zero-order valence-corrected chi connectivity index (χ0v) is 14.3. The van der Waals surface area contributed by atoms with Crippen LogP contribution in [0.5, 0.6) is 0 Å². The maximum atomic E-state index is 13.2. The highest BCUT2D eigenvalue weighted by atomic mass is 19.1. The average Bonchev–Trinajstić information content (AvgIpc) is 3.30. The number of pyridine rings is 1. The van der Waals surface area contributed by atoms with E-state index in [1.54, 1.807) is 18.3 Å². The first-order valence-corrected chi connectivity index (χ1v) is 8.77. The smallest absolute Gasteiger partial charge is 0.123 e. The number of aromatic nitrogens is 3. The van der Waals surface area contributed by atoms with Gasteiger partial charge in [-0.25, -0.2) is 4.39 Å². The normalized spacial score (nSPS) is 20.5. The SMILES string of the molecule is OC[C@@H]1CN(Cc2cn[nH]c2-c2ccc(F)cc2)C[C@H]1c1ccccn1. The van der Waals surface area contributed by atoms with E-state index in [0.29, 0.717) is 0 Å². The van der Waals surface area contributed by atoms with Gasteiger partial charge in [-0.1, -0.05) is 6.07 Å². The molecule has 0 radical (unpaired) electrons. The molecule has 0 aliphatic carbocycles. The summed E-state index contributed by atoms with van der Waals surface area (Å²) in [5.74, 6) is 0.145. The number of hydrogen-bond donors (Lipinski definition) is 2. The third-order valence-corrected chi connectivity index (χ3v) is 5.06. The topological polar surface area (TPSA) is 65.0 Å². The first kappa shape index (κ1) is 16.9.